The minimum atomic E-state index is -0.335. The fourth-order valence-corrected chi connectivity index (χ4v) is 3.53. The lowest BCUT2D eigenvalue weighted by molar-refractivity contribution is -0.115. The van der Waals surface area contributed by atoms with Crippen LogP contribution < -0.4 is 5.32 Å². The van der Waals surface area contributed by atoms with Crippen LogP contribution in [0, 0.1) is 13.8 Å². The normalized spacial score (nSPS) is 12.0. The van der Waals surface area contributed by atoms with Crippen LogP contribution in [0.1, 0.15) is 18.1 Å². The Balaban J connectivity index is 1.73. The third kappa shape index (κ3) is 4.26. The molecule has 0 aliphatic heterocycles. The quantitative estimate of drug-likeness (QED) is 0.648. The van der Waals surface area contributed by atoms with Crippen LogP contribution in [-0.2, 0) is 4.79 Å². The highest BCUT2D eigenvalue weighted by Crippen LogP contribution is 2.26. The molecule has 0 aliphatic carbocycles. The molecular formula is C19H19ClN4OS. The molecule has 0 fully saturated rings. The van der Waals surface area contributed by atoms with Crippen LogP contribution in [0.2, 0.25) is 5.02 Å². The number of halogens is 1. The Hall–Kier alpha value is -2.31. The first kappa shape index (κ1) is 18.5. The monoisotopic (exact) mass is 386 g/mol. The summed E-state index contributed by atoms with van der Waals surface area (Å²) in [7, 11) is 0. The molecule has 2 aromatic carbocycles. The van der Waals surface area contributed by atoms with Gasteiger partial charge in [0.2, 0.25) is 5.91 Å². The lowest BCUT2D eigenvalue weighted by Crippen LogP contribution is -2.23. The molecule has 1 N–H and O–H groups in total. The fourth-order valence-electron chi connectivity index (χ4n) is 2.51. The van der Waals surface area contributed by atoms with E-state index in [-0.39, 0.29) is 11.2 Å². The van der Waals surface area contributed by atoms with Crippen molar-refractivity contribution in [1.82, 2.24) is 14.8 Å². The average molecular weight is 387 g/mol. The summed E-state index contributed by atoms with van der Waals surface area (Å²) in [5, 5.41) is 12.0. The summed E-state index contributed by atoms with van der Waals surface area (Å²) >= 11 is 7.41. The Labute approximate surface area is 161 Å². The van der Waals surface area contributed by atoms with Gasteiger partial charge in [-0.2, -0.15) is 0 Å². The van der Waals surface area contributed by atoms with Gasteiger partial charge in [0.1, 0.15) is 6.33 Å². The summed E-state index contributed by atoms with van der Waals surface area (Å²) in [4.78, 5) is 12.6. The molecule has 0 saturated heterocycles. The standard InChI is InChI=1S/C19H19ClN4OS/c1-12-7-8-17(13(2)9-12)22-18(25)14(3)26-19-23-21-11-24(19)16-6-4-5-15(20)10-16/h4-11,14H,1-3H3,(H,22,25). The first-order chi connectivity index (χ1) is 12.4. The number of hydrogen-bond donors (Lipinski definition) is 1. The number of amides is 1. The van der Waals surface area contributed by atoms with Crippen molar-refractivity contribution in [3.63, 3.8) is 0 Å². The number of carbonyl (C=O) groups is 1. The zero-order valence-corrected chi connectivity index (χ0v) is 16.3. The topological polar surface area (TPSA) is 59.8 Å². The molecule has 3 rings (SSSR count). The maximum Gasteiger partial charge on any atom is 0.237 e. The van der Waals surface area contributed by atoms with E-state index in [0.717, 1.165) is 22.5 Å². The lowest BCUT2D eigenvalue weighted by Gasteiger charge is -2.14. The van der Waals surface area contributed by atoms with Crippen molar-refractivity contribution in [3.8, 4) is 5.69 Å². The van der Waals surface area contributed by atoms with Gasteiger partial charge in [0, 0.05) is 10.7 Å². The van der Waals surface area contributed by atoms with Crippen LogP contribution in [0.3, 0.4) is 0 Å². The number of benzene rings is 2. The van der Waals surface area contributed by atoms with Crippen LogP contribution in [-0.4, -0.2) is 25.9 Å². The van der Waals surface area contributed by atoms with Crippen LogP contribution >= 0.6 is 23.4 Å². The Morgan fingerprint density at radius 3 is 2.77 bits per heavy atom. The van der Waals surface area contributed by atoms with Gasteiger partial charge >= 0.3 is 0 Å². The van der Waals surface area contributed by atoms with Gasteiger partial charge in [-0.3, -0.25) is 9.36 Å². The highest BCUT2D eigenvalue weighted by molar-refractivity contribution is 8.00. The van der Waals surface area contributed by atoms with E-state index in [1.165, 1.54) is 11.8 Å². The molecule has 134 valence electrons. The molecule has 0 radical (unpaired) electrons. The largest absolute Gasteiger partial charge is 0.325 e. The van der Waals surface area contributed by atoms with Gasteiger partial charge in [-0.05, 0) is 50.6 Å². The number of nitrogens with one attached hydrogen (secondary N) is 1. The van der Waals surface area contributed by atoms with Gasteiger partial charge < -0.3 is 5.32 Å². The highest BCUT2D eigenvalue weighted by atomic mass is 35.5. The number of rotatable bonds is 5. The van der Waals surface area contributed by atoms with Crippen LogP contribution in [0.15, 0.2) is 53.9 Å². The third-order valence-corrected chi connectivity index (χ3v) is 5.19. The second-order valence-corrected chi connectivity index (χ2v) is 7.78. The molecule has 1 heterocycles. The summed E-state index contributed by atoms with van der Waals surface area (Å²) in [5.41, 5.74) is 3.88. The van der Waals surface area contributed by atoms with Gasteiger partial charge in [0.15, 0.2) is 5.16 Å². The van der Waals surface area contributed by atoms with Crippen molar-refractivity contribution in [2.75, 3.05) is 5.32 Å². The molecule has 7 heteroatoms. The molecule has 0 bridgehead atoms. The Kier molecular flexibility index (Phi) is 5.64. The molecule has 1 aromatic heterocycles. The number of thioether (sulfide) groups is 1. The van der Waals surface area contributed by atoms with E-state index in [9.17, 15) is 4.79 Å². The summed E-state index contributed by atoms with van der Waals surface area (Å²) < 4.78 is 1.82. The summed E-state index contributed by atoms with van der Waals surface area (Å²) in [6.07, 6.45) is 1.61. The van der Waals surface area contributed by atoms with Crippen LogP contribution in [0.25, 0.3) is 5.69 Å². The van der Waals surface area contributed by atoms with Crippen molar-refractivity contribution in [1.29, 1.82) is 0 Å². The van der Waals surface area contributed by atoms with Crippen molar-refractivity contribution in [3.05, 3.63) is 64.9 Å². The molecule has 1 unspecified atom stereocenters. The number of aromatic nitrogens is 3. The second-order valence-electron chi connectivity index (χ2n) is 6.03. The number of hydrogen-bond acceptors (Lipinski definition) is 4. The maximum atomic E-state index is 12.6. The Morgan fingerprint density at radius 2 is 2.04 bits per heavy atom. The molecule has 1 amide bonds. The number of anilines is 1. The third-order valence-electron chi connectivity index (χ3n) is 3.89. The molecular weight excluding hydrogens is 368 g/mol. The van der Waals surface area contributed by atoms with E-state index in [0.29, 0.717) is 10.2 Å². The number of carbonyl (C=O) groups excluding carboxylic acids is 1. The molecule has 0 aliphatic rings. The van der Waals surface area contributed by atoms with E-state index < -0.39 is 0 Å². The fraction of sp³-hybridized carbons (Fsp3) is 0.211. The molecule has 1 atom stereocenters. The van der Waals surface area contributed by atoms with E-state index in [1.807, 2.05) is 67.8 Å². The first-order valence-electron chi connectivity index (χ1n) is 8.15. The van der Waals surface area contributed by atoms with E-state index in [2.05, 4.69) is 15.5 Å². The number of nitrogens with zero attached hydrogens (tertiary/aromatic N) is 3. The predicted molar refractivity (Wildman–Crippen MR) is 106 cm³/mol. The summed E-state index contributed by atoms with van der Waals surface area (Å²) in [5.74, 6) is -0.0809. The summed E-state index contributed by atoms with van der Waals surface area (Å²) in [6.45, 7) is 5.86. The molecule has 26 heavy (non-hydrogen) atoms. The predicted octanol–water partition coefficient (Wildman–Crippen LogP) is 4.66. The Bertz CT molecular complexity index is 941. The van der Waals surface area contributed by atoms with Gasteiger partial charge in [0.05, 0.1) is 10.9 Å². The maximum absolute atomic E-state index is 12.6. The van der Waals surface area contributed by atoms with E-state index >= 15 is 0 Å². The van der Waals surface area contributed by atoms with Crippen LogP contribution in [0.4, 0.5) is 5.69 Å². The van der Waals surface area contributed by atoms with Gasteiger partial charge in [0.25, 0.3) is 0 Å². The lowest BCUT2D eigenvalue weighted by atomic mass is 10.1. The van der Waals surface area contributed by atoms with Crippen LogP contribution in [0.5, 0.6) is 0 Å². The SMILES string of the molecule is Cc1ccc(NC(=O)C(C)Sc2nncn2-c2cccc(Cl)c2)c(C)c1. The second kappa shape index (κ2) is 7.93. The van der Waals surface area contributed by atoms with Gasteiger partial charge in [-0.15, -0.1) is 10.2 Å². The molecule has 0 saturated carbocycles. The molecule has 3 aromatic rings. The van der Waals surface area contributed by atoms with E-state index in [4.69, 9.17) is 11.6 Å². The van der Waals surface area contributed by atoms with Crippen molar-refractivity contribution in [2.45, 2.75) is 31.2 Å². The number of aryl methyl sites for hydroxylation is 2. The Morgan fingerprint density at radius 1 is 1.23 bits per heavy atom. The highest BCUT2D eigenvalue weighted by Gasteiger charge is 2.19. The van der Waals surface area contributed by atoms with Crippen molar-refractivity contribution in [2.24, 2.45) is 0 Å². The minimum absolute atomic E-state index is 0.0809. The van der Waals surface area contributed by atoms with Gasteiger partial charge in [-0.25, -0.2) is 0 Å². The van der Waals surface area contributed by atoms with Gasteiger partial charge in [-0.1, -0.05) is 47.1 Å². The van der Waals surface area contributed by atoms with Crippen molar-refractivity contribution >= 4 is 35.0 Å². The average Bonchev–Trinajstić information content (AvgIpc) is 3.05. The minimum Gasteiger partial charge on any atom is -0.325 e. The van der Waals surface area contributed by atoms with E-state index in [1.54, 1.807) is 6.33 Å². The molecule has 0 spiro atoms. The summed E-state index contributed by atoms with van der Waals surface area (Å²) in [6, 6.07) is 13.4. The first-order valence-corrected chi connectivity index (χ1v) is 9.40. The molecule has 5 nitrogen and oxygen atoms in total. The van der Waals surface area contributed by atoms with Crippen molar-refractivity contribution < 1.29 is 4.79 Å². The zero-order valence-electron chi connectivity index (χ0n) is 14.7. The zero-order chi connectivity index (χ0) is 18.7. The smallest absolute Gasteiger partial charge is 0.237 e.